The number of likely N-dealkylation sites (N-methyl/N-ethyl adjacent to an activating group) is 1. The second kappa shape index (κ2) is 11.8. The van der Waals surface area contributed by atoms with Gasteiger partial charge in [-0.1, -0.05) is 13.0 Å². The molecule has 0 bridgehead atoms. The van der Waals surface area contributed by atoms with Gasteiger partial charge in [0, 0.05) is 54.0 Å². The Kier molecular flexibility index (Phi) is 8.13. The van der Waals surface area contributed by atoms with E-state index in [4.69, 9.17) is 0 Å². The summed E-state index contributed by atoms with van der Waals surface area (Å²) >= 11 is 1.08. The van der Waals surface area contributed by atoms with Crippen LogP contribution < -0.4 is 5.32 Å². The van der Waals surface area contributed by atoms with Gasteiger partial charge in [0.25, 0.3) is 0 Å². The molecule has 0 radical (unpaired) electrons. The fraction of sp³-hybridized carbons (Fsp3) is 0.516. The number of rotatable bonds is 8. The summed E-state index contributed by atoms with van der Waals surface area (Å²) in [5.41, 5.74) is 4.38. The standard InChI is InChI=1S/C31H36F3N7S/c1-3-40-10-4-5-23(40)18-41-24(16-35)13-26-20(2)21(6-7-28(26)41)17-39-11-8-22(9-12-39)38-29-27-14-25(15-31(32,33)34)42-30(27)37-19-36-29/h6-7,13-14,19,22-23H,3-5,8-12,15,17-18H2,1-2H3,(H,36,37,38). The van der Waals surface area contributed by atoms with Gasteiger partial charge in [0.15, 0.2) is 0 Å². The first kappa shape index (κ1) is 28.9. The lowest BCUT2D eigenvalue weighted by molar-refractivity contribution is -0.126. The molecule has 1 unspecified atom stereocenters. The van der Waals surface area contributed by atoms with Crippen LogP contribution in [0.15, 0.2) is 30.6 Å². The number of likely N-dealkylation sites (tertiary alicyclic amines) is 2. The molecule has 2 aliphatic rings. The van der Waals surface area contributed by atoms with E-state index in [2.05, 4.69) is 67.8 Å². The molecule has 5 heterocycles. The van der Waals surface area contributed by atoms with Gasteiger partial charge in [-0.25, -0.2) is 9.97 Å². The zero-order chi connectivity index (χ0) is 29.4. The van der Waals surface area contributed by atoms with Gasteiger partial charge in [-0.2, -0.15) is 18.4 Å². The second-order valence-electron chi connectivity index (χ2n) is 11.6. The third kappa shape index (κ3) is 5.98. The van der Waals surface area contributed by atoms with Crippen LogP contribution in [0, 0.1) is 18.3 Å². The average Bonchev–Trinajstić information content (AvgIpc) is 3.68. The maximum atomic E-state index is 12.9. The molecule has 1 N–H and O–H groups in total. The topological polar surface area (TPSA) is 73.0 Å². The number of anilines is 1. The van der Waals surface area contributed by atoms with Crippen molar-refractivity contribution in [3.63, 3.8) is 0 Å². The van der Waals surface area contributed by atoms with Crippen LogP contribution in [0.1, 0.15) is 54.3 Å². The fourth-order valence-corrected chi connectivity index (χ4v) is 7.71. The molecular weight excluding hydrogens is 559 g/mol. The van der Waals surface area contributed by atoms with Crippen LogP contribution in [0.4, 0.5) is 19.0 Å². The van der Waals surface area contributed by atoms with Crippen molar-refractivity contribution in [2.24, 2.45) is 0 Å². The van der Waals surface area contributed by atoms with E-state index < -0.39 is 12.6 Å². The first-order valence-corrected chi connectivity index (χ1v) is 15.6. The highest BCUT2D eigenvalue weighted by molar-refractivity contribution is 7.18. The lowest BCUT2D eigenvalue weighted by Crippen LogP contribution is -2.39. The largest absolute Gasteiger partial charge is 0.393 e. The number of aromatic nitrogens is 3. The lowest BCUT2D eigenvalue weighted by atomic mass is 10.0. The molecule has 7 nitrogen and oxygen atoms in total. The fourth-order valence-electron chi connectivity index (χ4n) is 6.69. The third-order valence-corrected chi connectivity index (χ3v) is 10.0. The van der Waals surface area contributed by atoms with Crippen molar-refractivity contribution in [1.82, 2.24) is 24.3 Å². The number of thiophene rings is 1. The summed E-state index contributed by atoms with van der Waals surface area (Å²) < 4.78 is 40.9. The molecule has 2 aliphatic heterocycles. The van der Waals surface area contributed by atoms with Gasteiger partial charge in [0.1, 0.15) is 28.7 Å². The number of aryl methyl sites for hydroxylation is 1. The van der Waals surface area contributed by atoms with Crippen molar-refractivity contribution in [3.05, 3.63) is 52.3 Å². The van der Waals surface area contributed by atoms with Gasteiger partial charge < -0.3 is 9.88 Å². The monoisotopic (exact) mass is 595 g/mol. The summed E-state index contributed by atoms with van der Waals surface area (Å²) in [5.74, 6) is 0.613. The molecule has 4 aromatic rings. The maximum absolute atomic E-state index is 12.9. The number of nitrogens with one attached hydrogen (secondary N) is 1. The molecule has 0 saturated carbocycles. The zero-order valence-electron chi connectivity index (χ0n) is 24.0. The predicted molar refractivity (Wildman–Crippen MR) is 161 cm³/mol. The highest BCUT2D eigenvalue weighted by Crippen LogP contribution is 2.34. The van der Waals surface area contributed by atoms with Gasteiger partial charge in [0.2, 0.25) is 0 Å². The highest BCUT2D eigenvalue weighted by Gasteiger charge is 2.30. The Bertz CT molecular complexity index is 1610. The summed E-state index contributed by atoms with van der Waals surface area (Å²) in [6.45, 7) is 10.1. The van der Waals surface area contributed by atoms with Gasteiger partial charge in [-0.15, -0.1) is 11.3 Å². The summed E-state index contributed by atoms with van der Waals surface area (Å²) in [7, 11) is 0. The van der Waals surface area contributed by atoms with Crippen molar-refractivity contribution < 1.29 is 13.2 Å². The van der Waals surface area contributed by atoms with Crippen molar-refractivity contribution in [1.29, 1.82) is 5.26 Å². The Labute approximate surface area is 248 Å². The SMILES string of the molecule is CCN1CCCC1Cn1c(C#N)cc2c(C)c(CN3CCC(Nc4ncnc5sc(CC(F)(F)F)cc45)CC3)ccc21. The van der Waals surface area contributed by atoms with Crippen molar-refractivity contribution in [2.75, 3.05) is 31.5 Å². The Morgan fingerprint density at radius 1 is 1.10 bits per heavy atom. The molecule has 0 amide bonds. The van der Waals surface area contributed by atoms with E-state index >= 15 is 0 Å². The summed E-state index contributed by atoms with van der Waals surface area (Å²) in [6.07, 6.45) is 0.450. The van der Waals surface area contributed by atoms with Crippen molar-refractivity contribution in [2.45, 2.75) is 77.3 Å². The molecule has 11 heteroatoms. The van der Waals surface area contributed by atoms with Crippen LogP contribution in [-0.4, -0.2) is 68.8 Å². The minimum Gasteiger partial charge on any atom is -0.367 e. The molecule has 2 fully saturated rings. The van der Waals surface area contributed by atoms with Crippen LogP contribution in [0.3, 0.4) is 0 Å². The van der Waals surface area contributed by atoms with E-state index in [1.54, 1.807) is 6.07 Å². The summed E-state index contributed by atoms with van der Waals surface area (Å²) in [5, 5.41) is 15.2. The van der Waals surface area contributed by atoms with E-state index in [1.165, 1.54) is 30.3 Å². The van der Waals surface area contributed by atoms with Crippen LogP contribution in [-0.2, 0) is 19.5 Å². The van der Waals surface area contributed by atoms with Crippen LogP contribution in [0.5, 0.6) is 0 Å². The lowest BCUT2D eigenvalue weighted by Gasteiger charge is -2.33. The van der Waals surface area contributed by atoms with E-state index in [0.29, 0.717) is 22.1 Å². The number of nitrogens with zero attached hydrogens (tertiary/aromatic N) is 6. The maximum Gasteiger partial charge on any atom is 0.393 e. The number of piperidine rings is 1. The number of hydrogen-bond donors (Lipinski definition) is 1. The molecule has 3 aromatic heterocycles. The number of benzene rings is 1. The van der Waals surface area contributed by atoms with Crippen LogP contribution >= 0.6 is 11.3 Å². The van der Waals surface area contributed by atoms with Gasteiger partial charge in [0.05, 0.1) is 11.8 Å². The number of fused-ring (bicyclic) bond motifs is 2. The molecule has 0 spiro atoms. The molecule has 42 heavy (non-hydrogen) atoms. The second-order valence-corrected chi connectivity index (χ2v) is 12.7. The predicted octanol–water partition coefficient (Wildman–Crippen LogP) is 6.49. The van der Waals surface area contributed by atoms with Gasteiger partial charge in [-0.3, -0.25) is 9.80 Å². The van der Waals surface area contributed by atoms with Crippen LogP contribution in [0.2, 0.25) is 0 Å². The van der Waals surface area contributed by atoms with Gasteiger partial charge >= 0.3 is 6.18 Å². The number of halogens is 3. The Hall–Kier alpha value is -3.20. The first-order valence-electron chi connectivity index (χ1n) is 14.8. The smallest absolute Gasteiger partial charge is 0.367 e. The quantitative estimate of drug-likeness (QED) is 0.251. The number of alkyl halides is 3. The zero-order valence-corrected chi connectivity index (χ0v) is 24.9. The Morgan fingerprint density at radius 3 is 2.64 bits per heavy atom. The van der Waals surface area contributed by atoms with Crippen molar-refractivity contribution >= 4 is 38.3 Å². The average molecular weight is 596 g/mol. The molecule has 1 aromatic carbocycles. The summed E-state index contributed by atoms with van der Waals surface area (Å²) in [6, 6.07) is 11.1. The van der Waals surface area contributed by atoms with E-state index in [9.17, 15) is 18.4 Å². The van der Waals surface area contributed by atoms with E-state index in [0.717, 1.165) is 80.0 Å². The van der Waals surface area contributed by atoms with Gasteiger partial charge in [-0.05, 0) is 75.0 Å². The molecule has 222 valence electrons. The molecule has 6 rings (SSSR count). The first-order chi connectivity index (χ1) is 20.2. The Balaban J connectivity index is 1.11. The molecule has 0 aliphatic carbocycles. The normalized spacial score (nSPS) is 19.2. The Morgan fingerprint density at radius 2 is 1.90 bits per heavy atom. The minimum absolute atomic E-state index is 0.194. The van der Waals surface area contributed by atoms with Crippen LogP contribution in [0.25, 0.3) is 21.1 Å². The summed E-state index contributed by atoms with van der Waals surface area (Å²) in [4.78, 5) is 14.3. The molecule has 2 saturated heterocycles. The third-order valence-electron chi connectivity index (χ3n) is 8.96. The molecular formula is C31H36F3N7S. The van der Waals surface area contributed by atoms with E-state index in [1.807, 2.05) is 0 Å². The molecule has 1 atom stereocenters. The highest BCUT2D eigenvalue weighted by atomic mass is 32.1. The van der Waals surface area contributed by atoms with E-state index in [-0.39, 0.29) is 10.9 Å². The number of nitriles is 1. The minimum atomic E-state index is -4.24. The van der Waals surface area contributed by atoms with Crippen molar-refractivity contribution in [3.8, 4) is 6.07 Å². The number of hydrogen-bond acceptors (Lipinski definition) is 7.